The van der Waals surface area contributed by atoms with Crippen LogP contribution in [-0.4, -0.2) is 30.6 Å². The summed E-state index contributed by atoms with van der Waals surface area (Å²) in [4.78, 5) is 12.7. The van der Waals surface area contributed by atoms with Crippen LogP contribution < -0.4 is 10.1 Å². The largest absolute Gasteiger partial charge is 0.505 e. The first kappa shape index (κ1) is 26.1. The number of phenolic OH excluding ortho intramolecular Hbond substituents is 1. The SMILES string of the molecule is CCOc1ccccc1NC(=O)c1cc2ccccc2c(N=Nc2cc(C)c(Cl)c(S(=O)(=O)O)c2)c1O. The van der Waals surface area contributed by atoms with Gasteiger partial charge in [-0.15, -0.1) is 5.11 Å². The molecule has 4 aromatic rings. The zero-order valence-electron chi connectivity index (χ0n) is 19.8. The number of carbonyl (C=O) groups excluding carboxylic acids is 1. The molecule has 0 aliphatic carbocycles. The second-order valence-corrected chi connectivity index (χ2v) is 9.74. The molecule has 0 unspecified atom stereocenters. The van der Waals surface area contributed by atoms with Crippen LogP contribution >= 0.6 is 11.6 Å². The molecular weight excluding hydrogens is 518 g/mol. The molecule has 0 bridgehead atoms. The standard InChI is InChI=1S/C26H22ClN3O6S/c1-3-36-21-11-7-6-10-20(21)28-26(32)19-13-16-8-4-5-9-18(16)24(25(19)31)30-29-17-12-15(2)23(27)22(14-17)37(33,34)35/h4-14,31H,3H2,1-2H3,(H,28,32)(H,33,34,35). The van der Waals surface area contributed by atoms with Gasteiger partial charge in [0, 0.05) is 5.39 Å². The Morgan fingerprint density at radius 3 is 2.49 bits per heavy atom. The van der Waals surface area contributed by atoms with Crippen molar-refractivity contribution in [1.82, 2.24) is 0 Å². The number of aryl methyl sites for hydroxylation is 1. The van der Waals surface area contributed by atoms with Crippen molar-refractivity contribution in [3.8, 4) is 11.5 Å². The maximum absolute atomic E-state index is 13.2. The Kier molecular flexibility index (Phi) is 7.44. The molecule has 0 heterocycles. The van der Waals surface area contributed by atoms with Crippen LogP contribution in [0, 0.1) is 6.92 Å². The summed E-state index contributed by atoms with van der Waals surface area (Å²) in [6, 6.07) is 17.9. The van der Waals surface area contributed by atoms with Gasteiger partial charge in [0.15, 0.2) is 5.75 Å². The molecule has 190 valence electrons. The minimum Gasteiger partial charge on any atom is -0.505 e. The Labute approximate surface area is 218 Å². The van der Waals surface area contributed by atoms with Crippen LogP contribution in [0.3, 0.4) is 0 Å². The smallest absolute Gasteiger partial charge is 0.296 e. The fourth-order valence-electron chi connectivity index (χ4n) is 3.70. The van der Waals surface area contributed by atoms with Crippen LogP contribution in [0.1, 0.15) is 22.8 Å². The highest BCUT2D eigenvalue weighted by Crippen LogP contribution is 2.40. The van der Waals surface area contributed by atoms with E-state index in [1.165, 1.54) is 12.1 Å². The molecule has 0 saturated carbocycles. The van der Waals surface area contributed by atoms with Gasteiger partial charge in [-0.2, -0.15) is 13.5 Å². The van der Waals surface area contributed by atoms with Gasteiger partial charge in [-0.25, -0.2) is 0 Å². The molecule has 0 atom stereocenters. The molecule has 11 heteroatoms. The van der Waals surface area contributed by atoms with E-state index in [0.29, 0.717) is 34.4 Å². The van der Waals surface area contributed by atoms with Crippen molar-refractivity contribution in [2.24, 2.45) is 10.2 Å². The lowest BCUT2D eigenvalue weighted by atomic mass is 10.0. The van der Waals surface area contributed by atoms with Gasteiger partial charge in [-0.05, 0) is 55.1 Å². The Hall–Kier alpha value is -3.99. The molecule has 0 radical (unpaired) electrons. The number of fused-ring (bicyclic) bond motifs is 1. The first-order valence-corrected chi connectivity index (χ1v) is 12.9. The Balaban J connectivity index is 1.80. The number of para-hydroxylation sites is 2. The fourth-order valence-corrected chi connectivity index (χ4v) is 4.76. The number of hydrogen-bond donors (Lipinski definition) is 3. The molecule has 1 amide bonds. The summed E-state index contributed by atoms with van der Waals surface area (Å²) >= 11 is 6.02. The van der Waals surface area contributed by atoms with Gasteiger partial charge in [0.05, 0.1) is 28.6 Å². The number of phenols is 1. The van der Waals surface area contributed by atoms with Gasteiger partial charge >= 0.3 is 0 Å². The van der Waals surface area contributed by atoms with E-state index in [1.54, 1.807) is 55.5 Å². The summed E-state index contributed by atoms with van der Waals surface area (Å²) in [7, 11) is -4.61. The summed E-state index contributed by atoms with van der Waals surface area (Å²) in [5.74, 6) is -0.538. The van der Waals surface area contributed by atoms with Crippen LogP contribution in [0.2, 0.25) is 5.02 Å². The summed E-state index contributed by atoms with van der Waals surface area (Å²) in [6.45, 7) is 3.78. The third-order valence-corrected chi connectivity index (χ3v) is 6.92. The molecule has 0 spiro atoms. The van der Waals surface area contributed by atoms with Crippen LogP contribution in [0.15, 0.2) is 81.9 Å². The van der Waals surface area contributed by atoms with E-state index < -0.39 is 26.7 Å². The number of hydrogen-bond acceptors (Lipinski definition) is 7. The Morgan fingerprint density at radius 2 is 1.76 bits per heavy atom. The minimum atomic E-state index is -4.61. The third kappa shape index (κ3) is 5.56. The average molecular weight is 540 g/mol. The lowest BCUT2D eigenvalue weighted by Crippen LogP contribution is -2.13. The normalized spacial score (nSPS) is 11.7. The molecule has 9 nitrogen and oxygen atoms in total. The molecule has 4 aromatic carbocycles. The predicted octanol–water partition coefficient (Wildman–Crippen LogP) is 6.82. The number of ether oxygens (including phenoxy) is 1. The van der Waals surface area contributed by atoms with Crippen molar-refractivity contribution in [2.75, 3.05) is 11.9 Å². The lowest BCUT2D eigenvalue weighted by Gasteiger charge is -2.13. The van der Waals surface area contributed by atoms with Crippen molar-refractivity contribution in [2.45, 2.75) is 18.7 Å². The van der Waals surface area contributed by atoms with Gasteiger partial charge in [0.25, 0.3) is 16.0 Å². The summed E-state index contributed by atoms with van der Waals surface area (Å²) in [5.41, 5.74) is 0.797. The number of benzene rings is 4. The van der Waals surface area contributed by atoms with Crippen LogP contribution in [-0.2, 0) is 10.1 Å². The summed E-state index contributed by atoms with van der Waals surface area (Å²) < 4.78 is 38.4. The van der Waals surface area contributed by atoms with Gasteiger partial charge in [0.1, 0.15) is 16.3 Å². The highest BCUT2D eigenvalue weighted by atomic mass is 35.5. The van der Waals surface area contributed by atoms with Crippen molar-refractivity contribution in [3.05, 3.63) is 82.9 Å². The first-order valence-electron chi connectivity index (χ1n) is 11.1. The topological polar surface area (TPSA) is 138 Å². The molecular formula is C26H22ClN3O6S. The van der Waals surface area contributed by atoms with Crippen molar-refractivity contribution < 1.29 is 27.6 Å². The van der Waals surface area contributed by atoms with Gasteiger partial charge < -0.3 is 15.2 Å². The number of nitrogens with one attached hydrogen (secondary N) is 1. The van der Waals surface area contributed by atoms with Crippen LogP contribution in [0.25, 0.3) is 10.8 Å². The fraction of sp³-hybridized carbons (Fsp3) is 0.115. The summed E-state index contributed by atoms with van der Waals surface area (Å²) in [6.07, 6.45) is 0. The minimum absolute atomic E-state index is 0.00218. The number of rotatable bonds is 7. The van der Waals surface area contributed by atoms with Crippen LogP contribution in [0.4, 0.5) is 17.1 Å². The van der Waals surface area contributed by atoms with Crippen molar-refractivity contribution in [3.63, 3.8) is 0 Å². The molecule has 3 N–H and O–H groups in total. The first-order chi connectivity index (χ1) is 17.6. The number of amides is 1. The number of anilines is 1. The molecule has 0 aliphatic rings. The van der Waals surface area contributed by atoms with E-state index in [0.717, 1.165) is 6.07 Å². The van der Waals surface area contributed by atoms with E-state index in [9.17, 15) is 22.9 Å². The van der Waals surface area contributed by atoms with Gasteiger partial charge in [0.2, 0.25) is 0 Å². The van der Waals surface area contributed by atoms with E-state index in [-0.39, 0.29) is 22.0 Å². The quantitative estimate of drug-likeness (QED) is 0.174. The van der Waals surface area contributed by atoms with Crippen molar-refractivity contribution in [1.29, 1.82) is 0 Å². The second kappa shape index (κ2) is 10.6. The highest BCUT2D eigenvalue weighted by Gasteiger charge is 2.21. The molecule has 0 saturated heterocycles. The highest BCUT2D eigenvalue weighted by molar-refractivity contribution is 7.86. The molecule has 0 aliphatic heterocycles. The number of carbonyl (C=O) groups is 1. The van der Waals surface area contributed by atoms with Gasteiger partial charge in [-0.1, -0.05) is 48.0 Å². The molecule has 37 heavy (non-hydrogen) atoms. The average Bonchev–Trinajstić information content (AvgIpc) is 2.85. The number of aromatic hydroxyl groups is 1. The molecule has 0 aromatic heterocycles. The second-order valence-electron chi connectivity index (χ2n) is 7.98. The predicted molar refractivity (Wildman–Crippen MR) is 141 cm³/mol. The van der Waals surface area contributed by atoms with Gasteiger partial charge in [-0.3, -0.25) is 9.35 Å². The molecule has 4 rings (SSSR count). The van der Waals surface area contributed by atoms with E-state index in [4.69, 9.17) is 16.3 Å². The van der Waals surface area contributed by atoms with E-state index in [2.05, 4.69) is 15.5 Å². The Morgan fingerprint density at radius 1 is 1.05 bits per heavy atom. The van der Waals surface area contributed by atoms with Crippen molar-refractivity contribution >= 4 is 55.5 Å². The monoisotopic (exact) mass is 539 g/mol. The maximum Gasteiger partial charge on any atom is 0.296 e. The van der Waals surface area contributed by atoms with E-state index in [1.807, 2.05) is 6.92 Å². The number of nitrogens with zero attached hydrogens (tertiary/aromatic N) is 2. The molecule has 0 fully saturated rings. The maximum atomic E-state index is 13.2. The zero-order chi connectivity index (χ0) is 26.7. The Bertz CT molecular complexity index is 1650. The number of azo groups is 1. The zero-order valence-corrected chi connectivity index (χ0v) is 21.3. The lowest BCUT2D eigenvalue weighted by molar-refractivity contribution is 0.102. The van der Waals surface area contributed by atoms with Crippen LogP contribution in [0.5, 0.6) is 11.5 Å². The van der Waals surface area contributed by atoms with E-state index >= 15 is 0 Å². The number of halogens is 1. The third-order valence-electron chi connectivity index (χ3n) is 5.42. The summed E-state index contributed by atoms with van der Waals surface area (Å²) in [5, 5.41) is 23.0.